The van der Waals surface area contributed by atoms with Crippen molar-refractivity contribution in [3.8, 4) is 11.5 Å². The van der Waals surface area contributed by atoms with Crippen molar-refractivity contribution in [1.82, 2.24) is 0 Å². The number of ketones is 1. The minimum Gasteiger partial charge on any atom is -0.496 e. The van der Waals surface area contributed by atoms with Gasteiger partial charge in [-0.2, -0.15) is 0 Å². The molecular formula is C24H22ClFO3S. The van der Waals surface area contributed by atoms with Crippen molar-refractivity contribution < 1.29 is 18.7 Å². The van der Waals surface area contributed by atoms with E-state index in [1.54, 1.807) is 19.3 Å². The molecule has 2 aromatic carbocycles. The van der Waals surface area contributed by atoms with Crippen molar-refractivity contribution in [2.24, 2.45) is 0 Å². The molecule has 0 radical (unpaired) electrons. The molecule has 0 N–H and O–H groups in total. The molecule has 1 aromatic heterocycles. The van der Waals surface area contributed by atoms with E-state index in [9.17, 15) is 9.18 Å². The summed E-state index contributed by atoms with van der Waals surface area (Å²) >= 11 is 7.34. The van der Waals surface area contributed by atoms with Crippen LogP contribution in [-0.4, -0.2) is 12.9 Å². The Balaban J connectivity index is 1.71. The molecule has 0 aliphatic heterocycles. The van der Waals surface area contributed by atoms with E-state index >= 15 is 0 Å². The van der Waals surface area contributed by atoms with Gasteiger partial charge >= 0.3 is 0 Å². The SMILES string of the molecule is CCCc1ccc(C(=O)/C=C/c2ccc(OC)c(COc3ccc(F)c(Cl)c3)c2)s1. The third-order valence-electron chi connectivity index (χ3n) is 4.42. The first-order valence-corrected chi connectivity index (χ1v) is 10.8. The zero-order chi connectivity index (χ0) is 21.5. The van der Waals surface area contributed by atoms with Gasteiger partial charge in [0.15, 0.2) is 5.78 Å². The molecule has 3 aromatic rings. The van der Waals surface area contributed by atoms with Crippen molar-refractivity contribution in [1.29, 1.82) is 0 Å². The van der Waals surface area contributed by atoms with Crippen molar-refractivity contribution >= 4 is 34.8 Å². The third kappa shape index (κ3) is 5.71. The summed E-state index contributed by atoms with van der Waals surface area (Å²) < 4.78 is 24.4. The van der Waals surface area contributed by atoms with Gasteiger partial charge in [-0.05, 0) is 54.5 Å². The van der Waals surface area contributed by atoms with E-state index in [-0.39, 0.29) is 17.4 Å². The molecule has 0 unspecified atom stereocenters. The number of hydrogen-bond donors (Lipinski definition) is 0. The molecule has 30 heavy (non-hydrogen) atoms. The fourth-order valence-electron chi connectivity index (χ4n) is 2.89. The van der Waals surface area contributed by atoms with Gasteiger partial charge in [0.25, 0.3) is 0 Å². The van der Waals surface area contributed by atoms with Crippen LogP contribution < -0.4 is 9.47 Å². The molecule has 0 atom stereocenters. The minimum absolute atomic E-state index is 0.00494. The Kier molecular flexibility index (Phi) is 7.66. The molecule has 0 amide bonds. The van der Waals surface area contributed by atoms with Crippen LogP contribution in [0.4, 0.5) is 4.39 Å². The van der Waals surface area contributed by atoms with Crippen LogP contribution in [0, 0.1) is 5.82 Å². The summed E-state index contributed by atoms with van der Waals surface area (Å²) in [5, 5.41) is 0.00494. The number of methoxy groups -OCH3 is 1. The number of thiophene rings is 1. The van der Waals surface area contributed by atoms with E-state index in [1.165, 1.54) is 34.4 Å². The van der Waals surface area contributed by atoms with Crippen molar-refractivity contribution in [3.63, 3.8) is 0 Å². The average Bonchev–Trinajstić information content (AvgIpc) is 3.22. The highest BCUT2D eigenvalue weighted by Crippen LogP contribution is 2.26. The molecule has 0 saturated carbocycles. The summed E-state index contributed by atoms with van der Waals surface area (Å²) in [6, 6.07) is 13.7. The summed E-state index contributed by atoms with van der Waals surface area (Å²) in [6.45, 7) is 2.34. The molecule has 6 heteroatoms. The van der Waals surface area contributed by atoms with Crippen LogP contribution >= 0.6 is 22.9 Å². The Bertz CT molecular complexity index is 1060. The Morgan fingerprint density at radius 2 is 2.00 bits per heavy atom. The van der Waals surface area contributed by atoms with E-state index in [2.05, 4.69) is 6.92 Å². The number of hydrogen-bond acceptors (Lipinski definition) is 4. The van der Waals surface area contributed by atoms with Crippen LogP contribution in [0.5, 0.6) is 11.5 Å². The Morgan fingerprint density at radius 1 is 1.17 bits per heavy atom. The lowest BCUT2D eigenvalue weighted by Crippen LogP contribution is -1.99. The maximum atomic E-state index is 13.3. The molecule has 1 heterocycles. The Labute approximate surface area is 184 Å². The van der Waals surface area contributed by atoms with Gasteiger partial charge in [0.05, 0.1) is 17.0 Å². The molecule has 3 nitrogen and oxygen atoms in total. The molecule has 0 aliphatic rings. The lowest BCUT2D eigenvalue weighted by Gasteiger charge is -2.11. The molecule has 3 rings (SSSR count). The Hall–Kier alpha value is -2.63. The predicted octanol–water partition coefficient (Wildman–Crippen LogP) is 6.98. The fraction of sp³-hybridized carbons (Fsp3) is 0.208. The zero-order valence-electron chi connectivity index (χ0n) is 16.8. The smallest absolute Gasteiger partial charge is 0.195 e. The highest BCUT2D eigenvalue weighted by Gasteiger charge is 2.09. The van der Waals surface area contributed by atoms with Crippen molar-refractivity contribution in [2.75, 3.05) is 7.11 Å². The summed E-state index contributed by atoms with van der Waals surface area (Å²) in [5.74, 6) is 0.609. The largest absolute Gasteiger partial charge is 0.496 e. The maximum absolute atomic E-state index is 13.3. The second-order valence-electron chi connectivity index (χ2n) is 6.65. The second kappa shape index (κ2) is 10.4. The number of carbonyl (C=O) groups excluding carboxylic acids is 1. The van der Waals surface area contributed by atoms with E-state index < -0.39 is 5.82 Å². The van der Waals surface area contributed by atoms with Gasteiger partial charge in [-0.15, -0.1) is 11.3 Å². The zero-order valence-corrected chi connectivity index (χ0v) is 18.4. The van der Waals surface area contributed by atoms with Gasteiger partial charge in [-0.25, -0.2) is 4.39 Å². The summed E-state index contributed by atoms with van der Waals surface area (Å²) in [7, 11) is 1.58. The van der Waals surface area contributed by atoms with E-state index in [1.807, 2.05) is 30.3 Å². The summed E-state index contributed by atoms with van der Waals surface area (Å²) in [5.41, 5.74) is 1.65. The number of benzene rings is 2. The molecule has 0 aliphatic carbocycles. The normalized spacial score (nSPS) is 11.1. The number of carbonyl (C=O) groups is 1. The van der Waals surface area contributed by atoms with Gasteiger partial charge in [-0.1, -0.05) is 37.1 Å². The van der Waals surface area contributed by atoms with Gasteiger partial charge in [-0.3, -0.25) is 4.79 Å². The Morgan fingerprint density at radius 3 is 2.73 bits per heavy atom. The fourth-order valence-corrected chi connectivity index (χ4v) is 4.09. The van der Waals surface area contributed by atoms with Crippen LogP contribution in [-0.2, 0) is 13.0 Å². The van der Waals surface area contributed by atoms with Crippen LogP contribution in [0.15, 0.2) is 54.6 Å². The topological polar surface area (TPSA) is 35.5 Å². The first-order valence-electron chi connectivity index (χ1n) is 9.56. The highest BCUT2D eigenvalue weighted by atomic mass is 35.5. The molecule has 0 saturated heterocycles. The highest BCUT2D eigenvalue weighted by molar-refractivity contribution is 7.14. The third-order valence-corrected chi connectivity index (χ3v) is 5.87. The molecule has 156 valence electrons. The molecular weight excluding hydrogens is 423 g/mol. The number of aryl methyl sites for hydroxylation is 1. The van der Waals surface area contributed by atoms with Gasteiger partial charge in [0, 0.05) is 16.5 Å². The second-order valence-corrected chi connectivity index (χ2v) is 8.22. The minimum atomic E-state index is -0.494. The molecule has 0 fully saturated rings. The van der Waals surface area contributed by atoms with E-state index in [4.69, 9.17) is 21.1 Å². The number of allylic oxidation sites excluding steroid dienone is 1. The lowest BCUT2D eigenvalue weighted by molar-refractivity contribution is 0.105. The standard InChI is InChI=1S/C24H22ClFO3S/c1-3-4-19-8-12-24(30-19)22(27)10-5-16-6-11-23(28-2)17(13-16)15-29-18-7-9-21(26)20(25)14-18/h5-14H,3-4,15H2,1-2H3/b10-5+. The quantitative estimate of drug-likeness (QED) is 0.264. The molecule has 0 bridgehead atoms. The lowest BCUT2D eigenvalue weighted by atomic mass is 10.1. The van der Waals surface area contributed by atoms with Crippen LogP contribution in [0.2, 0.25) is 5.02 Å². The van der Waals surface area contributed by atoms with E-state index in [0.717, 1.165) is 28.8 Å². The van der Waals surface area contributed by atoms with Crippen molar-refractivity contribution in [2.45, 2.75) is 26.4 Å². The number of rotatable bonds is 9. The maximum Gasteiger partial charge on any atom is 0.195 e. The van der Waals surface area contributed by atoms with Gasteiger partial charge in [0.2, 0.25) is 0 Å². The van der Waals surface area contributed by atoms with Crippen LogP contribution in [0.25, 0.3) is 6.08 Å². The first kappa shape index (κ1) is 22.1. The van der Waals surface area contributed by atoms with Gasteiger partial charge in [0.1, 0.15) is 23.9 Å². The average molecular weight is 445 g/mol. The summed E-state index contributed by atoms with van der Waals surface area (Å²) in [4.78, 5) is 14.4. The van der Waals surface area contributed by atoms with Gasteiger partial charge < -0.3 is 9.47 Å². The number of halogens is 2. The first-order chi connectivity index (χ1) is 14.5. The summed E-state index contributed by atoms with van der Waals surface area (Å²) in [6.07, 6.45) is 5.40. The number of ether oxygens (including phenoxy) is 2. The molecule has 0 spiro atoms. The van der Waals surface area contributed by atoms with E-state index in [0.29, 0.717) is 11.5 Å². The monoisotopic (exact) mass is 444 g/mol. The predicted molar refractivity (Wildman–Crippen MR) is 120 cm³/mol. The van der Waals surface area contributed by atoms with Crippen LogP contribution in [0.1, 0.15) is 39.0 Å². The van der Waals surface area contributed by atoms with Crippen LogP contribution in [0.3, 0.4) is 0 Å². The van der Waals surface area contributed by atoms with Crippen molar-refractivity contribution in [3.05, 3.63) is 86.3 Å².